The average molecular weight is 415 g/mol. The molecule has 1 heterocycles. The Morgan fingerprint density at radius 1 is 1.17 bits per heavy atom. The molecule has 2 atom stereocenters. The number of carbonyl (C=O) groups excluding carboxylic acids is 1. The Hall–Kier alpha value is -2.54. The van der Waals surface area contributed by atoms with Crippen molar-refractivity contribution in [2.45, 2.75) is 45.3 Å². The van der Waals surface area contributed by atoms with Crippen molar-refractivity contribution in [3.63, 3.8) is 0 Å². The Balaban J connectivity index is 1.54. The summed E-state index contributed by atoms with van der Waals surface area (Å²) < 4.78 is 31.7. The SMILES string of the molecule is Cc1ccc2c(c1)OC(C(=O)NC(C)c1ccc3c(c1)CCC3)CN2S(C)(=O)=O. The number of rotatable bonds is 4. The van der Waals surface area contributed by atoms with Gasteiger partial charge >= 0.3 is 0 Å². The van der Waals surface area contributed by atoms with Gasteiger partial charge in [0.2, 0.25) is 10.0 Å². The molecule has 0 spiro atoms. The van der Waals surface area contributed by atoms with Crippen LogP contribution in [-0.4, -0.2) is 33.2 Å². The van der Waals surface area contributed by atoms with E-state index < -0.39 is 16.1 Å². The molecule has 0 saturated carbocycles. The van der Waals surface area contributed by atoms with Crippen molar-refractivity contribution in [1.29, 1.82) is 0 Å². The topological polar surface area (TPSA) is 75.7 Å². The summed E-state index contributed by atoms with van der Waals surface area (Å²) in [4.78, 5) is 12.9. The molecule has 1 aliphatic heterocycles. The number of sulfonamides is 1. The number of nitrogens with one attached hydrogen (secondary N) is 1. The fraction of sp³-hybridized carbons (Fsp3) is 0.409. The number of benzene rings is 2. The molecule has 7 heteroatoms. The summed E-state index contributed by atoms with van der Waals surface area (Å²) in [6, 6.07) is 11.5. The second-order valence-corrected chi connectivity index (χ2v) is 9.89. The van der Waals surface area contributed by atoms with Crippen molar-refractivity contribution in [2.75, 3.05) is 17.1 Å². The van der Waals surface area contributed by atoms with Crippen LogP contribution in [0.5, 0.6) is 5.75 Å². The Morgan fingerprint density at radius 3 is 2.69 bits per heavy atom. The minimum Gasteiger partial charge on any atom is -0.476 e. The highest BCUT2D eigenvalue weighted by molar-refractivity contribution is 7.92. The van der Waals surface area contributed by atoms with E-state index in [2.05, 4.69) is 23.5 Å². The molecule has 6 nitrogen and oxygen atoms in total. The lowest BCUT2D eigenvalue weighted by Gasteiger charge is -2.34. The van der Waals surface area contributed by atoms with Crippen LogP contribution in [0.3, 0.4) is 0 Å². The largest absolute Gasteiger partial charge is 0.476 e. The molecule has 154 valence electrons. The lowest BCUT2D eigenvalue weighted by atomic mass is 10.0. The van der Waals surface area contributed by atoms with Gasteiger partial charge in [-0.15, -0.1) is 0 Å². The van der Waals surface area contributed by atoms with Gasteiger partial charge in [-0.05, 0) is 67.5 Å². The van der Waals surface area contributed by atoms with Gasteiger partial charge in [-0.2, -0.15) is 0 Å². The van der Waals surface area contributed by atoms with E-state index in [1.165, 1.54) is 21.9 Å². The van der Waals surface area contributed by atoms with Gasteiger partial charge in [0.1, 0.15) is 5.75 Å². The molecule has 2 aromatic rings. The van der Waals surface area contributed by atoms with Crippen molar-refractivity contribution >= 4 is 21.6 Å². The molecule has 0 fully saturated rings. The molecule has 2 unspecified atom stereocenters. The van der Waals surface area contributed by atoms with Gasteiger partial charge in [-0.25, -0.2) is 8.42 Å². The lowest BCUT2D eigenvalue weighted by molar-refractivity contribution is -0.128. The number of ether oxygens (including phenoxy) is 1. The number of anilines is 1. The van der Waals surface area contributed by atoms with Crippen LogP contribution in [0.1, 0.15) is 41.6 Å². The summed E-state index contributed by atoms with van der Waals surface area (Å²) in [5, 5.41) is 2.99. The Bertz CT molecular complexity index is 1060. The lowest BCUT2D eigenvalue weighted by Crippen LogP contribution is -2.50. The van der Waals surface area contributed by atoms with E-state index in [9.17, 15) is 13.2 Å². The summed E-state index contributed by atoms with van der Waals surface area (Å²) in [6.07, 6.45) is 3.61. The number of fused-ring (bicyclic) bond motifs is 2. The fourth-order valence-corrected chi connectivity index (χ4v) is 4.98. The van der Waals surface area contributed by atoms with E-state index in [1.54, 1.807) is 12.1 Å². The first-order chi connectivity index (χ1) is 13.7. The zero-order valence-corrected chi connectivity index (χ0v) is 17.8. The predicted octanol–water partition coefficient (Wildman–Crippen LogP) is 2.89. The van der Waals surface area contributed by atoms with Crippen LogP contribution >= 0.6 is 0 Å². The van der Waals surface area contributed by atoms with Gasteiger partial charge in [0, 0.05) is 0 Å². The van der Waals surface area contributed by atoms with Gasteiger partial charge in [0.25, 0.3) is 5.91 Å². The number of aryl methyl sites for hydroxylation is 3. The number of hydrogen-bond acceptors (Lipinski definition) is 4. The maximum atomic E-state index is 12.9. The third-order valence-corrected chi connectivity index (χ3v) is 6.81. The van der Waals surface area contributed by atoms with Crippen LogP contribution < -0.4 is 14.4 Å². The summed E-state index contributed by atoms with van der Waals surface area (Å²) in [5.74, 6) is 0.0887. The van der Waals surface area contributed by atoms with E-state index in [4.69, 9.17) is 4.74 Å². The fourth-order valence-electron chi connectivity index (χ4n) is 4.06. The predicted molar refractivity (Wildman–Crippen MR) is 113 cm³/mol. The average Bonchev–Trinajstić information content (AvgIpc) is 3.13. The Labute approximate surface area is 171 Å². The molecule has 0 radical (unpaired) electrons. The minimum atomic E-state index is -3.53. The maximum Gasteiger partial charge on any atom is 0.263 e. The minimum absolute atomic E-state index is 0.0440. The first-order valence-corrected chi connectivity index (χ1v) is 11.7. The van der Waals surface area contributed by atoms with Gasteiger partial charge < -0.3 is 10.1 Å². The quantitative estimate of drug-likeness (QED) is 0.835. The molecule has 2 aromatic carbocycles. The molecule has 0 saturated heterocycles. The van der Waals surface area contributed by atoms with E-state index in [-0.39, 0.29) is 18.5 Å². The van der Waals surface area contributed by atoms with Crippen LogP contribution in [0.2, 0.25) is 0 Å². The van der Waals surface area contributed by atoms with Crippen molar-refractivity contribution in [2.24, 2.45) is 0 Å². The molecule has 4 rings (SSSR count). The van der Waals surface area contributed by atoms with Crippen molar-refractivity contribution in [3.8, 4) is 5.75 Å². The van der Waals surface area contributed by atoms with Crippen LogP contribution in [0.15, 0.2) is 36.4 Å². The zero-order chi connectivity index (χ0) is 20.8. The molecular formula is C22H26N2O4S. The number of carbonyl (C=O) groups is 1. The van der Waals surface area contributed by atoms with E-state index in [1.807, 2.05) is 19.9 Å². The molecule has 0 bridgehead atoms. The van der Waals surface area contributed by atoms with E-state index >= 15 is 0 Å². The van der Waals surface area contributed by atoms with Crippen LogP contribution in [-0.2, 0) is 27.7 Å². The maximum absolute atomic E-state index is 12.9. The van der Waals surface area contributed by atoms with Gasteiger partial charge in [0.05, 0.1) is 24.5 Å². The normalized spacial score (nSPS) is 19.1. The summed E-state index contributed by atoms with van der Waals surface area (Å²) in [6.45, 7) is 3.79. The van der Waals surface area contributed by atoms with Crippen molar-refractivity contribution in [1.82, 2.24) is 5.32 Å². The molecule has 1 aliphatic carbocycles. The summed E-state index contributed by atoms with van der Waals surface area (Å²) in [7, 11) is -3.53. The first-order valence-electron chi connectivity index (χ1n) is 9.89. The standard InChI is InChI=1S/C22H26N2O4S/c1-14-7-10-19-20(11-14)28-21(13-24(19)29(3,26)27)22(25)23-15(2)17-9-8-16-5-4-6-18(16)12-17/h7-12,15,21H,4-6,13H2,1-3H3,(H,23,25). The highest BCUT2D eigenvalue weighted by atomic mass is 32.2. The number of nitrogens with zero attached hydrogens (tertiary/aromatic N) is 1. The molecule has 1 N–H and O–H groups in total. The van der Waals surface area contributed by atoms with Crippen molar-refractivity contribution < 1.29 is 17.9 Å². The smallest absolute Gasteiger partial charge is 0.263 e. The van der Waals surface area contributed by atoms with Crippen LogP contribution in [0, 0.1) is 6.92 Å². The van der Waals surface area contributed by atoms with Crippen LogP contribution in [0.25, 0.3) is 0 Å². The summed E-state index contributed by atoms with van der Waals surface area (Å²) >= 11 is 0. The monoisotopic (exact) mass is 414 g/mol. The highest BCUT2D eigenvalue weighted by Crippen LogP contribution is 2.36. The molecule has 29 heavy (non-hydrogen) atoms. The third kappa shape index (κ3) is 3.96. The number of hydrogen-bond donors (Lipinski definition) is 1. The molecule has 1 amide bonds. The number of amides is 1. The molecule has 2 aliphatic rings. The second-order valence-electron chi connectivity index (χ2n) is 7.98. The molecular weight excluding hydrogens is 388 g/mol. The third-order valence-electron chi connectivity index (χ3n) is 5.66. The van der Waals surface area contributed by atoms with Gasteiger partial charge in [-0.3, -0.25) is 9.10 Å². The summed E-state index contributed by atoms with van der Waals surface area (Å²) in [5.41, 5.74) is 5.19. The second kappa shape index (κ2) is 7.37. The highest BCUT2D eigenvalue weighted by Gasteiger charge is 2.35. The van der Waals surface area contributed by atoms with Gasteiger partial charge in [0.15, 0.2) is 6.10 Å². The zero-order valence-electron chi connectivity index (χ0n) is 16.9. The Morgan fingerprint density at radius 2 is 1.93 bits per heavy atom. The van der Waals surface area contributed by atoms with Crippen LogP contribution in [0.4, 0.5) is 5.69 Å². The van der Waals surface area contributed by atoms with E-state index in [0.717, 1.165) is 30.2 Å². The van der Waals surface area contributed by atoms with E-state index in [0.29, 0.717) is 11.4 Å². The first kappa shape index (κ1) is 19.8. The van der Waals surface area contributed by atoms with Gasteiger partial charge in [-0.1, -0.05) is 24.3 Å². The molecule has 0 aromatic heterocycles. The Kier molecular flexibility index (Phi) is 5.02. The van der Waals surface area contributed by atoms with Crippen molar-refractivity contribution in [3.05, 3.63) is 58.7 Å².